The third-order valence-corrected chi connectivity index (χ3v) is 6.73. The third kappa shape index (κ3) is 4.41. The number of aliphatic hydroxyl groups excluding tert-OH is 2. The first kappa shape index (κ1) is 24.2. The Balaban J connectivity index is 1.65. The van der Waals surface area contributed by atoms with Crippen LogP contribution in [0.5, 0.6) is 5.75 Å². The number of fused-ring (bicyclic) bond motifs is 1. The van der Waals surface area contributed by atoms with E-state index in [1.807, 2.05) is 31.2 Å². The minimum absolute atomic E-state index is 0.0533. The topological polar surface area (TPSA) is 141 Å². The molecule has 0 bridgehead atoms. The molecule has 0 aliphatic carbocycles. The minimum atomic E-state index is -1.03. The van der Waals surface area contributed by atoms with Crippen LogP contribution in [-0.4, -0.2) is 87.8 Å². The molecule has 0 radical (unpaired) electrons. The van der Waals surface area contributed by atoms with Gasteiger partial charge in [-0.2, -0.15) is 9.97 Å². The summed E-state index contributed by atoms with van der Waals surface area (Å²) in [6.45, 7) is 3.71. The summed E-state index contributed by atoms with van der Waals surface area (Å²) in [5.41, 5.74) is 2.47. The van der Waals surface area contributed by atoms with Crippen LogP contribution in [0.1, 0.15) is 18.9 Å². The minimum Gasteiger partial charge on any atom is -0.496 e. The number of β-amino-alcohol motifs (C(OH)–C–C–N with tert-alkyl or cyclic N) is 1. The molecule has 2 fully saturated rings. The lowest BCUT2D eigenvalue weighted by atomic mass is 10.1. The second kappa shape index (κ2) is 9.84. The number of aromatic nitrogens is 3. The van der Waals surface area contributed by atoms with E-state index < -0.39 is 18.1 Å². The smallest absolute Gasteiger partial charge is 0.326 e. The summed E-state index contributed by atoms with van der Waals surface area (Å²) in [6, 6.07) is 8.37. The van der Waals surface area contributed by atoms with E-state index in [0.29, 0.717) is 48.2 Å². The van der Waals surface area contributed by atoms with Gasteiger partial charge in [-0.15, -0.1) is 0 Å². The maximum absolute atomic E-state index is 11.9. The van der Waals surface area contributed by atoms with Gasteiger partial charge in [-0.3, -0.25) is 0 Å². The Morgan fingerprint density at radius 1 is 1.19 bits per heavy atom. The maximum Gasteiger partial charge on any atom is 0.326 e. The highest BCUT2D eigenvalue weighted by Crippen LogP contribution is 2.33. The summed E-state index contributed by atoms with van der Waals surface area (Å²) >= 11 is 0. The summed E-state index contributed by atoms with van der Waals surface area (Å²) < 4.78 is 10.9. The Kier molecular flexibility index (Phi) is 6.61. The molecule has 36 heavy (non-hydrogen) atoms. The van der Waals surface area contributed by atoms with E-state index in [4.69, 9.17) is 19.4 Å². The monoisotopic (exact) mass is 495 g/mol. The van der Waals surface area contributed by atoms with Crippen LogP contribution in [-0.2, 0) is 16.1 Å². The van der Waals surface area contributed by atoms with Gasteiger partial charge in [0.15, 0.2) is 5.65 Å². The van der Waals surface area contributed by atoms with Crippen LogP contribution >= 0.6 is 0 Å². The fourth-order valence-corrected chi connectivity index (χ4v) is 4.86. The van der Waals surface area contributed by atoms with E-state index in [1.54, 1.807) is 13.2 Å². The van der Waals surface area contributed by atoms with E-state index >= 15 is 0 Å². The predicted octanol–water partition coefficient (Wildman–Crippen LogP) is 1.44. The maximum atomic E-state index is 11.9. The molecule has 2 aliphatic rings. The molecule has 11 heteroatoms. The summed E-state index contributed by atoms with van der Waals surface area (Å²) in [5, 5.41) is 30.4. The number of ether oxygens (including phenoxy) is 2. The summed E-state index contributed by atoms with van der Waals surface area (Å²) in [4.78, 5) is 29.8. The number of aliphatic carboxylic acids is 1. The number of hydrogen-bond donors (Lipinski definition) is 3. The molecule has 5 rings (SSSR count). The average Bonchev–Trinajstić information content (AvgIpc) is 3.29. The van der Waals surface area contributed by atoms with Gasteiger partial charge in [0.25, 0.3) is 0 Å². The van der Waals surface area contributed by atoms with Crippen molar-refractivity contribution in [3.8, 4) is 17.0 Å². The first-order chi connectivity index (χ1) is 17.4. The van der Waals surface area contributed by atoms with E-state index in [2.05, 4.69) is 9.88 Å². The summed E-state index contributed by atoms with van der Waals surface area (Å²) in [7, 11) is 1.55. The van der Waals surface area contributed by atoms with Gasteiger partial charge in [0.2, 0.25) is 5.95 Å². The molecule has 0 unspecified atom stereocenters. The predicted molar refractivity (Wildman–Crippen MR) is 132 cm³/mol. The molecule has 2 aliphatic heterocycles. The zero-order chi connectivity index (χ0) is 25.4. The van der Waals surface area contributed by atoms with Crippen molar-refractivity contribution in [2.24, 2.45) is 0 Å². The Morgan fingerprint density at radius 3 is 2.75 bits per heavy atom. The van der Waals surface area contributed by atoms with E-state index in [0.717, 1.165) is 10.9 Å². The number of carboxylic acids is 1. The van der Waals surface area contributed by atoms with Crippen LogP contribution < -0.4 is 14.5 Å². The highest BCUT2D eigenvalue weighted by Gasteiger charge is 2.38. The number of methoxy groups -OCH3 is 1. The fraction of sp³-hybridized carbons (Fsp3) is 0.440. The summed E-state index contributed by atoms with van der Waals surface area (Å²) in [6.07, 6.45) is -0.685. The van der Waals surface area contributed by atoms with Crippen molar-refractivity contribution in [3.05, 3.63) is 35.9 Å². The molecule has 1 aromatic carbocycles. The molecule has 0 amide bonds. The molecule has 3 aromatic rings. The van der Waals surface area contributed by atoms with E-state index in [9.17, 15) is 20.1 Å². The number of benzene rings is 1. The first-order valence-electron chi connectivity index (χ1n) is 11.9. The zero-order valence-electron chi connectivity index (χ0n) is 20.2. The van der Waals surface area contributed by atoms with Crippen LogP contribution in [0.2, 0.25) is 0 Å². The Bertz CT molecular complexity index is 1290. The normalized spacial score (nSPS) is 22.3. The van der Waals surface area contributed by atoms with E-state index in [1.165, 1.54) is 4.90 Å². The van der Waals surface area contributed by atoms with Gasteiger partial charge < -0.3 is 34.6 Å². The summed E-state index contributed by atoms with van der Waals surface area (Å²) in [5.74, 6) is 0.423. The molecule has 3 atom stereocenters. The number of anilines is 2. The van der Waals surface area contributed by atoms with Gasteiger partial charge in [0, 0.05) is 30.6 Å². The highest BCUT2D eigenvalue weighted by atomic mass is 16.5. The molecule has 4 heterocycles. The van der Waals surface area contributed by atoms with Crippen LogP contribution in [0.15, 0.2) is 30.3 Å². The lowest BCUT2D eigenvalue weighted by molar-refractivity contribution is -0.138. The lowest BCUT2D eigenvalue weighted by Crippen LogP contribution is -2.44. The van der Waals surface area contributed by atoms with Gasteiger partial charge >= 0.3 is 5.97 Å². The Hall–Kier alpha value is -3.54. The van der Waals surface area contributed by atoms with Gasteiger partial charge in [-0.05, 0) is 37.3 Å². The molecular weight excluding hydrogens is 466 g/mol. The second-order valence-electron chi connectivity index (χ2n) is 9.11. The van der Waals surface area contributed by atoms with Crippen LogP contribution in [0.3, 0.4) is 0 Å². The SMILES string of the molecule is COc1ccc(-c2ccc3c(N4CCOC[C@@H]4C)nc(N4C[C@H](O)C[C@H]4C(=O)O)nc3n2)cc1CO. The number of rotatable bonds is 6. The van der Waals surface area contributed by atoms with Crippen molar-refractivity contribution >= 4 is 28.8 Å². The van der Waals surface area contributed by atoms with Crippen LogP contribution in [0, 0.1) is 0 Å². The second-order valence-corrected chi connectivity index (χ2v) is 9.11. The van der Waals surface area contributed by atoms with Crippen LogP contribution in [0.25, 0.3) is 22.3 Å². The zero-order valence-corrected chi connectivity index (χ0v) is 20.2. The van der Waals surface area contributed by atoms with Crippen LogP contribution in [0.4, 0.5) is 11.8 Å². The van der Waals surface area contributed by atoms with E-state index in [-0.39, 0.29) is 31.6 Å². The van der Waals surface area contributed by atoms with Crippen molar-refractivity contribution in [1.82, 2.24) is 15.0 Å². The van der Waals surface area contributed by atoms with Crippen molar-refractivity contribution in [3.63, 3.8) is 0 Å². The molecule has 0 spiro atoms. The number of nitrogens with zero attached hydrogens (tertiary/aromatic N) is 5. The van der Waals surface area contributed by atoms with Crippen molar-refractivity contribution in [1.29, 1.82) is 0 Å². The highest BCUT2D eigenvalue weighted by molar-refractivity contribution is 5.90. The first-order valence-corrected chi connectivity index (χ1v) is 11.9. The van der Waals surface area contributed by atoms with Gasteiger partial charge in [0.05, 0.1) is 50.2 Å². The molecule has 2 aromatic heterocycles. The Labute approximate surface area is 207 Å². The molecule has 2 saturated heterocycles. The number of carboxylic acid groups (broad SMARTS) is 1. The number of carbonyl (C=O) groups is 1. The van der Waals surface area contributed by atoms with Crippen molar-refractivity contribution in [2.75, 3.05) is 43.2 Å². The molecule has 3 N–H and O–H groups in total. The van der Waals surface area contributed by atoms with Gasteiger partial charge in [-0.25, -0.2) is 9.78 Å². The molecule has 190 valence electrons. The standard InChI is InChI=1S/C25H29N5O6/c1-14-13-36-8-7-29(14)23-18-4-5-19(15-3-6-21(35-2)16(9-15)12-31)26-22(18)27-25(28-23)30-11-17(32)10-20(30)24(33)34/h3-6,9,14,17,20,31-32H,7-8,10-13H2,1-2H3,(H,33,34)/t14-,17+,20-/m0/s1. The quantitative estimate of drug-likeness (QED) is 0.457. The average molecular weight is 496 g/mol. The number of aliphatic hydroxyl groups is 2. The van der Waals surface area contributed by atoms with Crippen molar-refractivity contribution in [2.45, 2.75) is 38.1 Å². The fourth-order valence-electron chi connectivity index (χ4n) is 4.86. The number of hydrogen-bond acceptors (Lipinski definition) is 10. The largest absolute Gasteiger partial charge is 0.496 e. The van der Waals surface area contributed by atoms with Gasteiger partial charge in [-0.1, -0.05) is 0 Å². The Morgan fingerprint density at radius 2 is 2.03 bits per heavy atom. The third-order valence-electron chi connectivity index (χ3n) is 6.73. The number of pyridine rings is 1. The van der Waals surface area contributed by atoms with Gasteiger partial charge in [0.1, 0.15) is 17.6 Å². The molecule has 0 saturated carbocycles. The lowest BCUT2D eigenvalue weighted by Gasteiger charge is -2.35. The van der Waals surface area contributed by atoms with Crippen molar-refractivity contribution < 1.29 is 29.6 Å². The molecule has 11 nitrogen and oxygen atoms in total. The molecular formula is C25H29N5O6. The number of morpholine rings is 1.